The summed E-state index contributed by atoms with van der Waals surface area (Å²) in [6.07, 6.45) is 1.92. The Labute approximate surface area is 118 Å². The minimum Gasteiger partial charge on any atom is -0.340 e. The average Bonchev–Trinajstić information content (AvgIpc) is 2.98. The Morgan fingerprint density at radius 2 is 2.47 bits per heavy atom. The average molecular weight is 282 g/mol. The zero-order valence-electron chi connectivity index (χ0n) is 11.6. The summed E-state index contributed by atoms with van der Waals surface area (Å²) in [6, 6.07) is 0. The molecule has 19 heavy (non-hydrogen) atoms. The van der Waals surface area contributed by atoms with Gasteiger partial charge in [0.15, 0.2) is 0 Å². The first kappa shape index (κ1) is 14.4. The molecule has 0 spiro atoms. The third-order valence-electron chi connectivity index (χ3n) is 3.50. The zero-order valence-corrected chi connectivity index (χ0v) is 12.4. The fourth-order valence-corrected chi connectivity index (χ4v) is 3.28. The molecule has 2 rings (SSSR count). The van der Waals surface area contributed by atoms with E-state index in [1.165, 1.54) is 17.8 Å². The molecule has 1 aromatic rings. The van der Waals surface area contributed by atoms with Crippen LogP contribution in [0.2, 0.25) is 0 Å². The van der Waals surface area contributed by atoms with Crippen molar-refractivity contribution in [2.75, 3.05) is 40.3 Å². The molecule has 1 atom stereocenters. The third-order valence-corrected chi connectivity index (χ3v) is 4.41. The zero-order chi connectivity index (χ0) is 13.8. The SMILES string of the molecule is CN1CCC(CN(C)C(=O)c2csc(CCN)n2)C1. The Hall–Kier alpha value is -0.980. The second-order valence-electron chi connectivity index (χ2n) is 5.27. The molecular formula is C13H22N4OS. The van der Waals surface area contributed by atoms with Crippen LogP contribution in [-0.2, 0) is 6.42 Å². The summed E-state index contributed by atoms with van der Waals surface area (Å²) < 4.78 is 0. The molecule has 1 aromatic heterocycles. The Kier molecular flexibility index (Phi) is 4.90. The number of rotatable bonds is 5. The van der Waals surface area contributed by atoms with Gasteiger partial charge in [0.1, 0.15) is 5.69 Å². The van der Waals surface area contributed by atoms with E-state index in [0.717, 1.165) is 31.1 Å². The van der Waals surface area contributed by atoms with Gasteiger partial charge in [0.2, 0.25) is 0 Å². The number of thiazole rings is 1. The van der Waals surface area contributed by atoms with Gasteiger partial charge in [-0.3, -0.25) is 4.79 Å². The molecule has 1 unspecified atom stereocenters. The van der Waals surface area contributed by atoms with Gasteiger partial charge in [-0.05, 0) is 32.5 Å². The van der Waals surface area contributed by atoms with Gasteiger partial charge in [0.05, 0.1) is 5.01 Å². The molecule has 0 radical (unpaired) electrons. The van der Waals surface area contributed by atoms with Crippen LogP contribution in [0.4, 0.5) is 0 Å². The lowest BCUT2D eigenvalue weighted by Gasteiger charge is -2.20. The Morgan fingerprint density at radius 3 is 3.11 bits per heavy atom. The van der Waals surface area contributed by atoms with Gasteiger partial charge >= 0.3 is 0 Å². The van der Waals surface area contributed by atoms with Crippen molar-refractivity contribution in [3.63, 3.8) is 0 Å². The van der Waals surface area contributed by atoms with Crippen molar-refractivity contribution < 1.29 is 4.79 Å². The first-order chi connectivity index (χ1) is 9.10. The van der Waals surface area contributed by atoms with Gasteiger partial charge in [0, 0.05) is 31.9 Å². The fourth-order valence-electron chi connectivity index (χ4n) is 2.49. The van der Waals surface area contributed by atoms with Crippen molar-refractivity contribution in [1.29, 1.82) is 0 Å². The van der Waals surface area contributed by atoms with Gasteiger partial charge < -0.3 is 15.5 Å². The molecule has 2 N–H and O–H groups in total. The quantitative estimate of drug-likeness (QED) is 0.862. The standard InChI is InChI=1S/C13H22N4OS/c1-16-6-4-10(7-16)8-17(2)13(18)11-9-19-12(15-11)3-5-14/h9-10H,3-8,14H2,1-2H3. The van der Waals surface area contributed by atoms with E-state index in [1.54, 1.807) is 4.90 Å². The molecule has 2 heterocycles. The Morgan fingerprint density at radius 1 is 1.68 bits per heavy atom. The number of likely N-dealkylation sites (tertiary alicyclic amines) is 1. The highest BCUT2D eigenvalue weighted by Gasteiger charge is 2.23. The molecule has 5 nitrogen and oxygen atoms in total. The molecule has 1 saturated heterocycles. The first-order valence-corrected chi connectivity index (χ1v) is 7.56. The number of carbonyl (C=O) groups excluding carboxylic acids is 1. The summed E-state index contributed by atoms with van der Waals surface area (Å²) in [4.78, 5) is 20.7. The van der Waals surface area contributed by atoms with Gasteiger partial charge in [-0.2, -0.15) is 0 Å². The van der Waals surface area contributed by atoms with Crippen LogP contribution in [0.25, 0.3) is 0 Å². The summed E-state index contributed by atoms with van der Waals surface area (Å²) in [6.45, 7) is 3.59. The molecular weight excluding hydrogens is 260 g/mol. The Bertz CT molecular complexity index is 434. The molecule has 1 amide bonds. The molecule has 106 valence electrons. The maximum Gasteiger partial charge on any atom is 0.273 e. The molecule has 1 aliphatic heterocycles. The number of nitrogens with two attached hydrogens (primary N) is 1. The number of hydrogen-bond acceptors (Lipinski definition) is 5. The number of hydrogen-bond donors (Lipinski definition) is 1. The van der Waals surface area contributed by atoms with Gasteiger partial charge in [0.25, 0.3) is 5.91 Å². The van der Waals surface area contributed by atoms with Crippen LogP contribution < -0.4 is 5.73 Å². The minimum absolute atomic E-state index is 0.0223. The van der Waals surface area contributed by atoms with E-state index in [4.69, 9.17) is 5.73 Å². The van der Waals surface area contributed by atoms with E-state index in [2.05, 4.69) is 16.9 Å². The molecule has 0 bridgehead atoms. The summed E-state index contributed by atoms with van der Waals surface area (Å²) in [5, 5.41) is 2.78. The lowest BCUT2D eigenvalue weighted by molar-refractivity contribution is 0.0769. The van der Waals surface area contributed by atoms with Crippen molar-refractivity contribution in [1.82, 2.24) is 14.8 Å². The van der Waals surface area contributed by atoms with E-state index in [1.807, 2.05) is 12.4 Å². The number of nitrogens with zero attached hydrogens (tertiary/aromatic N) is 3. The fraction of sp³-hybridized carbons (Fsp3) is 0.692. The van der Waals surface area contributed by atoms with Gasteiger partial charge in [-0.1, -0.05) is 0 Å². The van der Waals surface area contributed by atoms with Gasteiger partial charge in [-0.15, -0.1) is 11.3 Å². The maximum atomic E-state index is 12.3. The number of carbonyl (C=O) groups is 1. The van der Waals surface area contributed by atoms with Crippen molar-refractivity contribution >= 4 is 17.2 Å². The van der Waals surface area contributed by atoms with Crippen molar-refractivity contribution in [3.05, 3.63) is 16.1 Å². The smallest absolute Gasteiger partial charge is 0.273 e. The minimum atomic E-state index is 0.0223. The van der Waals surface area contributed by atoms with Crippen LogP contribution >= 0.6 is 11.3 Å². The van der Waals surface area contributed by atoms with E-state index in [0.29, 0.717) is 18.2 Å². The molecule has 0 aromatic carbocycles. The molecule has 0 saturated carbocycles. The largest absolute Gasteiger partial charge is 0.340 e. The van der Waals surface area contributed by atoms with Crippen molar-refractivity contribution in [2.24, 2.45) is 11.7 Å². The number of amides is 1. The van der Waals surface area contributed by atoms with E-state index < -0.39 is 0 Å². The van der Waals surface area contributed by atoms with Crippen LogP contribution in [0, 0.1) is 5.92 Å². The predicted molar refractivity (Wildman–Crippen MR) is 77.4 cm³/mol. The monoisotopic (exact) mass is 282 g/mol. The van der Waals surface area contributed by atoms with Crippen LogP contribution in [-0.4, -0.2) is 61.0 Å². The van der Waals surface area contributed by atoms with E-state index in [-0.39, 0.29) is 5.91 Å². The van der Waals surface area contributed by atoms with Crippen LogP contribution in [0.5, 0.6) is 0 Å². The highest BCUT2D eigenvalue weighted by atomic mass is 32.1. The third kappa shape index (κ3) is 3.75. The maximum absolute atomic E-state index is 12.3. The van der Waals surface area contributed by atoms with Gasteiger partial charge in [-0.25, -0.2) is 4.98 Å². The highest BCUT2D eigenvalue weighted by Crippen LogP contribution is 2.17. The second-order valence-corrected chi connectivity index (χ2v) is 6.21. The second kappa shape index (κ2) is 6.45. The van der Waals surface area contributed by atoms with Crippen LogP contribution in [0.15, 0.2) is 5.38 Å². The lowest BCUT2D eigenvalue weighted by Crippen LogP contribution is -2.33. The predicted octanol–water partition coefficient (Wildman–Crippen LogP) is 0.668. The molecule has 0 aliphatic carbocycles. The van der Waals surface area contributed by atoms with Crippen molar-refractivity contribution in [2.45, 2.75) is 12.8 Å². The van der Waals surface area contributed by atoms with Crippen molar-refractivity contribution in [3.8, 4) is 0 Å². The Balaban J connectivity index is 1.90. The van der Waals surface area contributed by atoms with Crippen LogP contribution in [0.1, 0.15) is 21.9 Å². The van der Waals surface area contributed by atoms with E-state index in [9.17, 15) is 4.79 Å². The lowest BCUT2D eigenvalue weighted by atomic mass is 10.1. The van der Waals surface area contributed by atoms with Crippen LogP contribution in [0.3, 0.4) is 0 Å². The topological polar surface area (TPSA) is 62.5 Å². The summed E-state index contributed by atoms with van der Waals surface area (Å²) in [5.41, 5.74) is 6.05. The summed E-state index contributed by atoms with van der Waals surface area (Å²) in [5.74, 6) is 0.607. The summed E-state index contributed by atoms with van der Waals surface area (Å²) >= 11 is 1.52. The molecule has 1 fully saturated rings. The van der Waals surface area contributed by atoms with E-state index >= 15 is 0 Å². The first-order valence-electron chi connectivity index (χ1n) is 6.68. The summed E-state index contributed by atoms with van der Waals surface area (Å²) in [7, 11) is 3.99. The highest BCUT2D eigenvalue weighted by molar-refractivity contribution is 7.09. The molecule has 1 aliphatic rings. The number of aromatic nitrogens is 1. The molecule has 6 heteroatoms. The normalized spacial score (nSPS) is 19.8.